The van der Waals surface area contributed by atoms with Crippen LogP contribution in [0.25, 0.3) is 11.4 Å². The van der Waals surface area contributed by atoms with Crippen LogP contribution >= 0.6 is 0 Å². The molecule has 29 heavy (non-hydrogen) atoms. The van der Waals surface area contributed by atoms with Gasteiger partial charge in [-0.15, -0.1) is 0 Å². The average molecular weight is 395 g/mol. The molecule has 0 saturated heterocycles. The predicted octanol–water partition coefficient (Wildman–Crippen LogP) is 3.40. The van der Waals surface area contributed by atoms with Gasteiger partial charge in [-0.25, -0.2) is 14.2 Å². The first-order valence-corrected chi connectivity index (χ1v) is 8.68. The van der Waals surface area contributed by atoms with E-state index in [9.17, 15) is 14.0 Å². The van der Waals surface area contributed by atoms with Gasteiger partial charge < -0.3 is 14.8 Å². The molecule has 0 fully saturated rings. The lowest BCUT2D eigenvalue weighted by Gasteiger charge is -2.11. The van der Waals surface area contributed by atoms with Crippen LogP contribution in [-0.4, -0.2) is 35.6 Å². The maximum atomic E-state index is 13.1. The van der Waals surface area contributed by atoms with Crippen LogP contribution in [0.4, 0.5) is 10.1 Å². The second-order valence-corrected chi connectivity index (χ2v) is 6.05. The van der Waals surface area contributed by atoms with Crippen molar-refractivity contribution in [2.24, 2.45) is 0 Å². The first-order valence-electron chi connectivity index (χ1n) is 8.68. The Balaban J connectivity index is 1.70. The van der Waals surface area contributed by atoms with Crippen LogP contribution in [0.3, 0.4) is 0 Å². The molecule has 0 radical (unpaired) electrons. The summed E-state index contributed by atoms with van der Waals surface area (Å²) in [5.41, 5.74) is 1.81. The van der Waals surface area contributed by atoms with E-state index in [2.05, 4.69) is 15.3 Å². The summed E-state index contributed by atoms with van der Waals surface area (Å²) >= 11 is 0. The van der Waals surface area contributed by atoms with E-state index in [0.29, 0.717) is 22.8 Å². The number of halogens is 1. The number of aryl methyl sites for hydroxylation is 1. The summed E-state index contributed by atoms with van der Waals surface area (Å²) < 4.78 is 23.3. The van der Waals surface area contributed by atoms with Crippen LogP contribution in [0.5, 0.6) is 5.88 Å². The molecule has 148 valence electrons. The number of aromatic nitrogens is 2. The highest BCUT2D eigenvalue weighted by atomic mass is 19.1. The van der Waals surface area contributed by atoms with Crippen molar-refractivity contribution in [2.75, 3.05) is 19.0 Å². The first kappa shape index (κ1) is 19.9. The van der Waals surface area contributed by atoms with Crippen LogP contribution in [0.2, 0.25) is 0 Å². The van der Waals surface area contributed by atoms with Crippen molar-refractivity contribution in [3.05, 3.63) is 71.7 Å². The number of para-hydroxylation sites is 1. The van der Waals surface area contributed by atoms with Gasteiger partial charge in [-0.3, -0.25) is 4.79 Å². The lowest BCUT2D eigenvalue weighted by Crippen LogP contribution is -2.22. The molecule has 0 saturated carbocycles. The molecule has 1 N–H and O–H groups in total. The Morgan fingerprint density at radius 3 is 2.52 bits per heavy atom. The van der Waals surface area contributed by atoms with Gasteiger partial charge in [0.2, 0.25) is 5.88 Å². The molecule has 1 aromatic heterocycles. The van der Waals surface area contributed by atoms with Crippen LogP contribution in [0.15, 0.2) is 54.6 Å². The number of methoxy groups -OCH3 is 1. The number of carbonyl (C=O) groups is 2. The van der Waals surface area contributed by atoms with E-state index in [0.717, 1.165) is 0 Å². The number of anilines is 1. The van der Waals surface area contributed by atoms with Crippen molar-refractivity contribution in [2.45, 2.75) is 6.92 Å². The monoisotopic (exact) mass is 395 g/mol. The number of ether oxygens (including phenoxy) is 2. The molecule has 1 amide bonds. The Morgan fingerprint density at radius 2 is 1.79 bits per heavy atom. The average Bonchev–Trinajstić information content (AvgIpc) is 2.72. The summed E-state index contributed by atoms with van der Waals surface area (Å²) in [6, 6.07) is 13.8. The van der Waals surface area contributed by atoms with E-state index in [1.807, 2.05) is 0 Å². The lowest BCUT2D eigenvalue weighted by molar-refractivity contribution is -0.118. The van der Waals surface area contributed by atoms with Crippen LogP contribution in [-0.2, 0) is 9.53 Å². The lowest BCUT2D eigenvalue weighted by atomic mass is 10.2. The topological polar surface area (TPSA) is 90.4 Å². The number of hydrogen-bond donors (Lipinski definition) is 1. The molecule has 1 heterocycles. The smallest absolute Gasteiger partial charge is 0.339 e. The van der Waals surface area contributed by atoms with Gasteiger partial charge in [0, 0.05) is 17.3 Å². The fourth-order valence-corrected chi connectivity index (χ4v) is 2.55. The Morgan fingerprint density at radius 1 is 1.07 bits per heavy atom. The van der Waals surface area contributed by atoms with E-state index in [1.54, 1.807) is 49.4 Å². The first-order chi connectivity index (χ1) is 14.0. The third kappa shape index (κ3) is 5.13. The Kier molecular flexibility index (Phi) is 6.13. The van der Waals surface area contributed by atoms with E-state index in [-0.39, 0.29) is 23.9 Å². The minimum Gasteiger partial charge on any atom is -0.467 e. The van der Waals surface area contributed by atoms with Crippen molar-refractivity contribution in [3.8, 4) is 17.3 Å². The Bertz CT molecular complexity index is 1040. The number of carbonyl (C=O) groups excluding carboxylic acids is 2. The summed E-state index contributed by atoms with van der Waals surface area (Å²) in [5, 5.41) is 2.61. The molecule has 7 nitrogen and oxygen atoms in total. The molecule has 0 bridgehead atoms. The number of nitrogens with one attached hydrogen (secondary N) is 1. The van der Waals surface area contributed by atoms with Gasteiger partial charge in [0.25, 0.3) is 5.91 Å². The fourth-order valence-electron chi connectivity index (χ4n) is 2.55. The molecular formula is C21H18FN3O4. The minimum atomic E-state index is -0.558. The molecule has 0 unspecified atom stereocenters. The second kappa shape index (κ2) is 8.92. The molecule has 0 atom stereocenters. The standard InChI is InChI=1S/C21H18FN3O4/c1-13-11-19(25-20(23-13)14-7-9-15(22)10-8-14)29-12-18(26)24-17-6-4-3-5-16(17)21(27)28-2/h3-11H,12H2,1-2H3,(H,24,26). The van der Waals surface area contributed by atoms with Crippen molar-refractivity contribution < 1.29 is 23.5 Å². The minimum absolute atomic E-state index is 0.202. The third-order valence-electron chi connectivity index (χ3n) is 3.89. The Hall–Kier alpha value is -3.81. The van der Waals surface area contributed by atoms with Gasteiger partial charge in [0.05, 0.1) is 18.4 Å². The van der Waals surface area contributed by atoms with Crippen LogP contribution in [0.1, 0.15) is 16.1 Å². The highest BCUT2D eigenvalue weighted by Gasteiger charge is 2.14. The molecule has 3 aromatic rings. The molecule has 8 heteroatoms. The molecule has 0 aliphatic rings. The zero-order valence-electron chi connectivity index (χ0n) is 15.8. The van der Waals surface area contributed by atoms with Crippen molar-refractivity contribution in [3.63, 3.8) is 0 Å². The number of esters is 1. The van der Waals surface area contributed by atoms with Gasteiger partial charge in [0.15, 0.2) is 12.4 Å². The maximum absolute atomic E-state index is 13.1. The fraction of sp³-hybridized carbons (Fsp3) is 0.143. The molecule has 0 aliphatic carbocycles. The number of hydrogen-bond acceptors (Lipinski definition) is 6. The highest BCUT2D eigenvalue weighted by molar-refractivity contribution is 6.01. The molecule has 2 aromatic carbocycles. The zero-order chi connectivity index (χ0) is 20.8. The quantitative estimate of drug-likeness (QED) is 0.644. The second-order valence-electron chi connectivity index (χ2n) is 6.05. The van der Waals surface area contributed by atoms with Gasteiger partial charge in [-0.1, -0.05) is 12.1 Å². The predicted molar refractivity (Wildman–Crippen MR) is 104 cm³/mol. The van der Waals surface area contributed by atoms with Crippen molar-refractivity contribution >= 4 is 17.6 Å². The highest BCUT2D eigenvalue weighted by Crippen LogP contribution is 2.20. The van der Waals surface area contributed by atoms with Crippen LogP contribution < -0.4 is 10.1 Å². The summed E-state index contributed by atoms with van der Waals surface area (Å²) in [6.07, 6.45) is 0. The van der Waals surface area contributed by atoms with Crippen molar-refractivity contribution in [1.29, 1.82) is 0 Å². The van der Waals surface area contributed by atoms with E-state index < -0.39 is 11.9 Å². The summed E-state index contributed by atoms with van der Waals surface area (Å²) in [4.78, 5) is 32.6. The zero-order valence-corrected chi connectivity index (χ0v) is 15.8. The summed E-state index contributed by atoms with van der Waals surface area (Å²) in [7, 11) is 1.26. The SMILES string of the molecule is COC(=O)c1ccccc1NC(=O)COc1cc(C)nc(-c2ccc(F)cc2)n1. The largest absolute Gasteiger partial charge is 0.467 e. The van der Waals surface area contributed by atoms with Gasteiger partial charge in [-0.2, -0.15) is 4.98 Å². The number of amides is 1. The van der Waals surface area contributed by atoms with Gasteiger partial charge >= 0.3 is 5.97 Å². The van der Waals surface area contributed by atoms with Gasteiger partial charge in [0.1, 0.15) is 5.82 Å². The van der Waals surface area contributed by atoms with Gasteiger partial charge in [-0.05, 0) is 43.3 Å². The van der Waals surface area contributed by atoms with E-state index in [4.69, 9.17) is 9.47 Å². The molecule has 3 rings (SSSR count). The number of nitrogens with zero attached hydrogens (tertiary/aromatic N) is 2. The maximum Gasteiger partial charge on any atom is 0.339 e. The summed E-state index contributed by atoms with van der Waals surface area (Å²) in [6.45, 7) is 1.43. The molecule has 0 aliphatic heterocycles. The van der Waals surface area contributed by atoms with Crippen LogP contribution in [0, 0.1) is 12.7 Å². The molecule has 0 spiro atoms. The van der Waals surface area contributed by atoms with Crippen molar-refractivity contribution in [1.82, 2.24) is 9.97 Å². The normalized spacial score (nSPS) is 10.3. The summed E-state index contributed by atoms with van der Waals surface area (Å²) in [5.74, 6) is -0.829. The Labute approximate surface area is 166 Å². The van der Waals surface area contributed by atoms with E-state index >= 15 is 0 Å². The third-order valence-corrected chi connectivity index (χ3v) is 3.89. The van der Waals surface area contributed by atoms with E-state index in [1.165, 1.54) is 19.2 Å². The number of benzene rings is 2. The number of rotatable bonds is 6. The molecular weight excluding hydrogens is 377 g/mol.